The molecule has 26 heavy (non-hydrogen) atoms. The van der Waals surface area contributed by atoms with Crippen LogP contribution in [0.1, 0.15) is 0 Å². The number of halogens is 2. The highest BCUT2D eigenvalue weighted by Gasteiger charge is 2.28. The van der Waals surface area contributed by atoms with Crippen LogP contribution in [-0.4, -0.2) is 56.2 Å². The standard InChI is InChI=1S/C17H19ClFN3O3S/c18-14-4-3-7-20-17(14)21-8-10-22(11-9-21)26(23,24)13-12-25-16-6-2-1-5-15(16)19/h1-7H,8-13H2. The van der Waals surface area contributed by atoms with E-state index in [9.17, 15) is 12.8 Å². The SMILES string of the molecule is O=S(=O)(CCOc1ccccc1F)N1CCN(c2ncccc2Cl)CC1. The molecule has 0 bridgehead atoms. The van der Waals surface area contributed by atoms with Crippen molar-refractivity contribution in [3.8, 4) is 5.75 Å². The quantitative estimate of drug-likeness (QED) is 0.746. The van der Waals surface area contributed by atoms with Gasteiger partial charge >= 0.3 is 0 Å². The van der Waals surface area contributed by atoms with Crippen molar-refractivity contribution in [1.29, 1.82) is 0 Å². The maximum Gasteiger partial charge on any atom is 0.217 e. The lowest BCUT2D eigenvalue weighted by atomic mass is 10.3. The van der Waals surface area contributed by atoms with Gasteiger partial charge in [0, 0.05) is 32.4 Å². The molecule has 0 unspecified atom stereocenters. The molecule has 2 aromatic rings. The van der Waals surface area contributed by atoms with Gasteiger partial charge in [0.15, 0.2) is 11.6 Å². The number of anilines is 1. The van der Waals surface area contributed by atoms with E-state index in [1.807, 2.05) is 4.90 Å². The highest BCUT2D eigenvalue weighted by atomic mass is 35.5. The van der Waals surface area contributed by atoms with Crippen LogP contribution in [-0.2, 0) is 10.0 Å². The molecule has 1 aliphatic heterocycles. The van der Waals surface area contributed by atoms with Gasteiger partial charge in [0.1, 0.15) is 12.4 Å². The fraction of sp³-hybridized carbons (Fsp3) is 0.353. The normalized spacial score (nSPS) is 15.8. The summed E-state index contributed by atoms with van der Waals surface area (Å²) in [6.07, 6.45) is 1.66. The first-order valence-electron chi connectivity index (χ1n) is 8.18. The molecule has 2 heterocycles. The van der Waals surface area contributed by atoms with Crippen molar-refractivity contribution in [2.24, 2.45) is 0 Å². The lowest BCUT2D eigenvalue weighted by Crippen LogP contribution is -2.50. The number of benzene rings is 1. The van der Waals surface area contributed by atoms with Crippen LogP contribution in [0.4, 0.5) is 10.2 Å². The molecule has 9 heteroatoms. The maximum absolute atomic E-state index is 13.5. The Bertz CT molecular complexity index is 858. The topological polar surface area (TPSA) is 62.7 Å². The number of pyridine rings is 1. The van der Waals surface area contributed by atoms with Gasteiger partial charge in [-0.3, -0.25) is 0 Å². The van der Waals surface area contributed by atoms with E-state index < -0.39 is 15.8 Å². The van der Waals surface area contributed by atoms with Crippen molar-refractivity contribution >= 4 is 27.4 Å². The Balaban J connectivity index is 1.53. The first kappa shape index (κ1) is 18.9. The smallest absolute Gasteiger partial charge is 0.217 e. The summed E-state index contributed by atoms with van der Waals surface area (Å²) in [4.78, 5) is 6.21. The molecule has 140 valence electrons. The fourth-order valence-corrected chi connectivity index (χ4v) is 4.25. The molecule has 0 atom stereocenters. The molecule has 1 aromatic carbocycles. The predicted molar refractivity (Wildman–Crippen MR) is 98.7 cm³/mol. The van der Waals surface area contributed by atoms with Gasteiger partial charge in [0.05, 0.1) is 10.8 Å². The molecule has 0 aliphatic carbocycles. The van der Waals surface area contributed by atoms with Crippen LogP contribution >= 0.6 is 11.6 Å². The Morgan fingerprint density at radius 3 is 2.54 bits per heavy atom. The largest absolute Gasteiger partial charge is 0.489 e. The summed E-state index contributed by atoms with van der Waals surface area (Å²) in [6, 6.07) is 9.43. The van der Waals surface area contributed by atoms with E-state index in [1.54, 1.807) is 30.5 Å². The monoisotopic (exact) mass is 399 g/mol. The van der Waals surface area contributed by atoms with Gasteiger partial charge in [0.25, 0.3) is 0 Å². The van der Waals surface area contributed by atoms with Crippen LogP contribution in [0.3, 0.4) is 0 Å². The molecule has 3 rings (SSSR count). The van der Waals surface area contributed by atoms with Gasteiger partial charge in [-0.25, -0.2) is 17.8 Å². The van der Waals surface area contributed by atoms with Crippen LogP contribution in [0.2, 0.25) is 5.02 Å². The van der Waals surface area contributed by atoms with E-state index in [-0.39, 0.29) is 18.1 Å². The van der Waals surface area contributed by atoms with E-state index in [0.717, 1.165) is 0 Å². The molecule has 1 fully saturated rings. The van der Waals surface area contributed by atoms with Gasteiger partial charge < -0.3 is 9.64 Å². The number of hydrogen-bond donors (Lipinski definition) is 0. The zero-order valence-corrected chi connectivity index (χ0v) is 15.6. The number of piperazine rings is 1. The molecule has 1 aliphatic rings. The highest BCUT2D eigenvalue weighted by molar-refractivity contribution is 7.89. The highest BCUT2D eigenvalue weighted by Crippen LogP contribution is 2.24. The van der Waals surface area contributed by atoms with Crippen molar-refractivity contribution in [2.45, 2.75) is 0 Å². The van der Waals surface area contributed by atoms with Crippen molar-refractivity contribution < 1.29 is 17.5 Å². The van der Waals surface area contributed by atoms with Gasteiger partial charge in [-0.15, -0.1) is 0 Å². The Hall–Kier alpha value is -1.90. The summed E-state index contributed by atoms with van der Waals surface area (Å²) in [5.41, 5.74) is 0. The van der Waals surface area contributed by atoms with Gasteiger partial charge in [0.2, 0.25) is 10.0 Å². The Kier molecular flexibility index (Phi) is 5.95. The third-order valence-electron chi connectivity index (χ3n) is 4.11. The molecule has 6 nitrogen and oxygen atoms in total. The van der Waals surface area contributed by atoms with E-state index in [0.29, 0.717) is 37.0 Å². The third kappa shape index (κ3) is 4.44. The summed E-state index contributed by atoms with van der Waals surface area (Å²) in [7, 11) is -3.48. The molecule has 0 amide bonds. The molecular formula is C17H19ClFN3O3S. The minimum Gasteiger partial charge on any atom is -0.489 e. The summed E-state index contributed by atoms with van der Waals surface area (Å²) < 4.78 is 45.1. The maximum atomic E-state index is 13.5. The second-order valence-electron chi connectivity index (χ2n) is 5.79. The number of rotatable bonds is 6. The zero-order valence-electron chi connectivity index (χ0n) is 14.0. The number of para-hydroxylation sites is 1. The molecule has 0 spiro atoms. The van der Waals surface area contributed by atoms with Crippen molar-refractivity contribution in [2.75, 3.05) is 43.4 Å². The molecule has 0 radical (unpaired) electrons. The van der Waals surface area contributed by atoms with Gasteiger partial charge in [-0.1, -0.05) is 23.7 Å². The van der Waals surface area contributed by atoms with E-state index in [2.05, 4.69) is 4.98 Å². The average Bonchev–Trinajstić information content (AvgIpc) is 2.64. The zero-order chi connectivity index (χ0) is 18.6. The number of ether oxygens (including phenoxy) is 1. The second-order valence-corrected chi connectivity index (χ2v) is 8.29. The number of hydrogen-bond acceptors (Lipinski definition) is 5. The minimum atomic E-state index is -3.48. The number of sulfonamides is 1. The molecule has 1 aromatic heterocycles. The Labute approximate surface area is 157 Å². The fourth-order valence-electron chi connectivity index (χ4n) is 2.74. The van der Waals surface area contributed by atoms with Crippen LogP contribution in [0.25, 0.3) is 0 Å². The van der Waals surface area contributed by atoms with Gasteiger partial charge in [-0.2, -0.15) is 4.31 Å². The van der Waals surface area contributed by atoms with Crippen molar-refractivity contribution in [3.05, 3.63) is 53.4 Å². The Morgan fingerprint density at radius 2 is 1.85 bits per heavy atom. The molecule has 0 N–H and O–H groups in total. The van der Waals surface area contributed by atoms with E-state index in [4.69, 9.17) is 16.3 Å². The number of aromatic nitrogens is 1. The Morgan fingerprint density at radius 1 is 1.12 bits per heavy atom. The lowest BCUT2D eigenvalue weighted by molar-refractivity contribution is 0.315. The first-order valence-corrected chi connectivity index (χ1v) is 10.2. The summed E-state index contributed by atoms with van der Waals surface area (Å²) in [6.45, 7) is 1.59. The molecule has 0 saturated carbocycles. The van der Waals surface area contributed by atoms with Crippen LogP contribution < -0.4 is 9.64 Å². The van der Waals surface area contributed by atoms with Crippen molar-refractivity contribution in [3.63, 3.8) is 0 Å². The summed E-state index contributed by atoms with van der Waals surface area (Å²) in [5.74, 6) is 0.00301. The lowest BCUT2D eigenvalue weighted by Gasteiger charge is -2.34. The van der Waals surface area contributed by atoms with Crippen LogP contribution in [0.5, 0.6) is 5.75 Å². The van der Waals surface area contributed by atoms with E-state index >= 15 is 0 Å². The molecule has 1 saturated heterocycles. The summed E-state index contributed by atoms with van der Waals surface area (Å²) in [5, 5.41) is 0.544. The van der Waals surface area contributed by atoms with Gasteiger partial charge in [-0.05, 0) is 24.3 Å². The second kappa shape index (κ2) is 8.20. The number of nitrogens with zero attached hydrogens (tertiary/aromatic N) is 3. The van der Waals surface area contributed by atoms with Crippen LogP contribution in [0.15, 0.2) is 42.6 Å². The van der Waals surface area contributed by atoms with E-state index in [1.165, 1.54) is 16.4 Å². The van der Waals surface area contributed by atoms with Crippen LogP contribution in [0, 0.1) is 5.82 Å². The first-order chi connectivity index (χ1) is 12.5. The van der Waals surface area contributed by atoms with Crippen molar-refractivity contribution in [1.82, 2.24) is 9.29 Å². The third-order valence-corrected chi connectivity index (χ3v) is 6.24. The average molecular weight is 400 g/mol. The minimum absolute atomic E-state index is 0.0531. The molecular weight excluding hydrogens is 381 g/mol. The predicted octanol–water partition coefficient (Wildman–Crippen LogP) is 2.40. The summed E-state index contributed by atoms with van der Waals surface area (Å²) >= 11 is 6.14.